The summed E-state index contributed by atoms with van der Waals surface area (Å²) < 4.78 is 5.41. The number of hydrogen-bond donors (Lipinski definition) is 1. The monoisotopic (exact) mass is 338 g/mol. The van der Waals surface area contributed by atoms with Crippen LogP contribution in [0.3, 0.4) is 0 Å². The number of benzene rings is 2. The van der Waals surface area contributed by atoms with Gasteiger partial charge in [-0.3, -0.25) is 4.79 Å². The summed E-state index contributed by atoms with van der Waals surface area (Å²) in [6.45, 7) is -0.0962. The third kappa shape index (κ3) is 4.55. The molecule has 0 bridgehead atoms. The molecule has 4 nitrogen and oxygen atoms in total. The standard InChI is InChI=1S/C16H16Cl2N2O2/c1-20(2)15-8-5-12(18)9-14(15)19-16(21)10-22-13-6-3-11(17)4-7-13/h3-9H,10H2,1-2H3,(H,19,21). The van der Waals surface area contributed by atoms with Gasteiger partial charge in [0.15, 0.2) is 6.61 Å². The van der Waals surface area contributed by atoms with Gasteiger partial charge in [-0.25, -0.2) is 0 Å². The molecule has 0 saturated heterocycles. The second-order valence-electron chi connectivity index (χ2n) is 4.85. The first-order valence-corrected chi connectivity index (χ1v) is 7.36. The van der Waals surface area contributed by atoms with Crippen molar-refractivity contribution in [1.82, 2.24) is 0 Å². The van der Waals surface area contributed by atoms with Gasteiger partial charge in [-0.1, -0.05) is 23.2 Å². The molecule has 116 valence electrons. The summed E-state index contributed by atoms with van der Waals surface area (Å²) in [7, 11) is 3.78. The molecule has 0 radical (unpaired) electrons. The van der Waals surface area contributed by atoms with Crippen molar-refractivity contribution in [2.75, 3.05) is 30.9 Å². The number of carbonyl (C=O) groups is 1. The quantitative estimate of drug-likeness (QED) is 0.893. The first kappa shape index (κ1) is 16.5. The maximum absolute atomic E-state index is 12.0. The Hall–Kier alpha value is -1.91. The summed E-state index contributed by atoms with van der Waals surface area (Å²) in [6, 6.07) is 12.2. The molecule has 1 N–H and O–H groups in total. The Bertz CT molecular complexity index is 658. The van der Waals surface area contributed by atoms with Crippen molar-refractivity contribution in [2.24, 2.45) is 0 Å². The molecule has 0 heterocycles. The maximum Gasteiger partial charge on any atom is 0.262 e. The van der Waals surface area contributed by atoms with Crippen molar-refractivity contribution in [3.05, 3.63) is 52.5 Å². The third-order valence-corrected chi connectivity index (χ3v) is 3.39. The molecular weight excluding hydrogens is 323 g/mol. The predicted octanol–water partition coefficient (Wildman–Crippen LogP) is 4.08. The van der Waals surface area contributed by atoms with Gasteiger partial charge in [0.2, 0.25) is 0 Å². The van der Waals surface area contributed by atoms with E-state index >= 15 is 0 Å². The summed E-state index contributed by atoms with van der Waals surface area (Å²) in [5.74, 6) is 0.318. The fourth-order valence-electron chi connectivity index (χ4n) is 1.86. The lowest BCUT2D eigenvalue weighted by Gasteiger charge is -2.18. The molecule has 22 heavy (non-hydrogen) atoms. The molecular formula is C16H16Cl2N2O2. The van der Waals surface area contributed by atoms with Crippen LogP contribution in [0.5, 0.6) is 5.75 Å². The van der Waals surface area contributed by atoms with Crippen LogP contribution in [0.2, 0.25) is 10.0 Å². The second kappa shape index (κ2) is 7.38. The molecule has 0 aliphatic carbocycles. The number of carbonyl (C=O) groups excluding carboxylic acids is 1. The van der Waals surface area contributed by atoms with E-state index in [0.717, 1.165) is 5.69 Å². The molecule has 0 unspecified atom stereocenters. The van der Waals surface area contributed by atoms with Gasteiger partial charge >= 0.3 is 0 Å². The zero-order valence-corrected chi connectivity index (χ0v) is 13.8. The molecule has 0 spiro atoms. The molecule has 0 saturated carbocycles. The third-order valence-electron chi connectivity index (χ3n) is 2.90. The molecule has 0 fully saturated rings. The smallest absolute Gasteiger partial charge is 0.262 e. The minimum atomic E-state index is -0.264. The van der Waals surface area contributed by atoms with Crippen LogP contribution in [0, 0.1) is 0 Å². The SMILES string of the molecule is CN(C)c1ccc(Cl)cc1NC(=O)COc1ccc(Cl)cc1. The highest BCUT2D eigenvalue weighted by atomic mass is 35.5. The Morgan fingerprint density at radius 2 is 1.73 bits per heavy atom. The Balaban J connectivity index is 2.00. The highest BCUT2D eigenvalue weighted by Gasteiger charge is 2.10. The van der Waals surface area contributed by atoms with Crippen molar-refractivity contribution in [2.45, 2.75) is 0 Å². The van der Waals surface area contributed by atoms with Crippen LogP contribution in [-0.2, 0) is 4.79 Å². The molecule has 0 atom stereocenters. The van der Waals surface area contributed by atoms with Crippen LogP contribution in [0.1, 0.15) is 0 Å². The van der Waals surface area contributed by atoms with Gasteiger partial charge in [-0.2, -0.15) is 0 Å². The highest BCUT2D eigenvalue weighted by molar-refractivity contribution is 6.31. The summed E-state index contributed by atoms with van der Waals surface area (Å²) in [4.78, 5) is 13.9. The molecule has 6 heteroatoms. The molecule has 1 amide bonds. The molecule has 0 aliphatic heterocycles. The highest BCUT2D eigenvalue weighted by Crippen LogP contribution is 2.27. The number of anilines is 2. The normalized spacial score (nSPS) is 10.2. The lowest BCUT2D eigenvalue weighted by atomic mass is 10.2. The number of hydrogen-bond acceptors (Lipinski definition) is 3. The van der Waals surface area contributed by atoms with Gasteiger partial charge in [-0.15, -0.1) is 0 Å². The Kier molecular flexibility index (Phi) is 5.52. The van der Waals surface area contributed by atoms with Crippen molar-refractivity contribution in [3.63, 3.8) is 0 Å². The van der Waals surface area contributed by atoms with E-state index in [1.807, 2.05) is 25.1 Å². The van der Waals surface area contributed by atoms with E-state index in [2.05, 4.69) is 5.32 Å². The van der Waals surface area contributed by atoms with Crippen molar-refractivity contribution >= 4 is 40.5 Å². The molecule has 0 aliphatic rings. The van der Waals surface area contributed by atoms with Crippen LogP contribution in [0.25, 0.3) is 0 Å². The van der Waals surface area contributed by atoms with E-state index in [4.69, 9.17) is 27.9 Å². The minimum Gasteiger partial charge on any atom is -0.484 e. The van der Waals surface area contributed by atoms with E-state index < -0.39 is 0 Å². The van der Waals surface area contributed by atoms with E-state index in [1.165, 1.54) is 0 Å². The summed E-state index contributed by atoms with van der Waals surface area (Å²) in [6.07, 6.45) is 0. The van der Waals surface area contributed by atoms with Gasteiger partial charge in [0, 0.05) is 24.1 Å². The zero-order chi connectivity index (χ0) is 16.1. The average Bonchev–Trinajstić information content (AvgIpc) is 2.46. The topological polar surface area (TPSA) is 41.6 Å². The van der Waals surface area contributed by atoms with Crippen molar-refractivity contribution in [3.8, 4) is 5.75 Å². The van der Waals surface area contributed by atoms with Crippen molar-refractivity contribution in [1.29, 1.82) is 0 Å². The number of nitrogens with zero attached hydrogens (tertiary/aromatic N) is 1. The number of ether oxygens (including phenoxy) is 1. The predicted molar refractivity (Wildman–Crippen MR) is 91.4 cm³/mol. The number of rotatable bonds is 5. The van der Waals surface area contributed by atoms with Crippen LogP contribution in [-0.4, -0.2) is 26.6 Å². The zero-order valence-electron chi connectivity index (χ0n) is 12.3. The van der Waals surface area contributed by atoms with Crippen LogP contribution < -0.4 is 15.0 Å². The van der Waals surface area contributed by atoms with E-state index in [0.29, 0.717) is 21.5 Å². The number of amides is 1. The van der Waals surface area contributed by atoms with Gasteiger partial charge < -0.3 is 15.0 Å². The first-order chi connectivity index (χ1) is 10.5. The van der Waals surface area contributed by atoms with Crippen LogP contribution in [0.4, 0.5) is 11.4 Å². The largest absolute Gasteiger partial charge is 0.484 e. The Morgan fingerprint density at radius 1 is 1.09 bits per heavy atom. The Labute approximate surface area is 139 Å². The van der Waals surface area contributed by atoms with Gasteiger partial charge in [0.25, 0.3) is 5.91 Å². The molecule has 2 rings (SSSR count). The number of nitrogens with one attached hydrogen (secondary N) is 1. The molecule has 2 aromatic rings. The van der Waals surface area contributed by atoms with E-state index in [9.17, 15) is 4.79 Å². The van der Waals surface area contributed by atoms with Gasteiger partial charge in [-0.05, 0) is 42.5 Å². The Morgan fingerprint density at radius 3 is 2.36 bits per heavy atom. The minimum absolute atomic E-state index is 0.0962. The summed E-state index contributed by atoms with van der Waals surface area (Å²) in [5.41, 5.74) is 1.51. The van der Waals surface area contributed by atoms with Gasteiger partial charge in [0.1, 0.15) is 5.75 Å². The van der Waals surface area contributed by atoms with Crippen molar-refractivity contribution < 1.29 is 9.53 Å². The van der Waals surface area contributed by atoms with E-state index in [1.54, 1.807) is 36.4 Å². The fraction of sp³-hybridized carbons (Fsp3) is 0.188. The fourth-order valence-corrected chi connectivity index (χ4v) is 2.16. The molecule has 0 aromatic heterocycles. The van der Waals surface area contributed by atoms with Crippen LogP contribution >= 0.6 is 23.2 Å². The summed E-state index contributed by atoms with van der Waals surface area (Å²) in [5, 5.41) is 3.97. The van der Waals surface area contributed by atoms with Gasteiger partial charge in [0.05, 0.1) is 11.4 Å². The lowest BCUT2D eigenvalue weighted by molar-refractivity contribution is -0.118. The number of halogens is 2. The second-order valence-corrected chi connectivity index (χ2v) is 5.72. The summed E-state index contributed by atoms with van der Waals surface area (Å²) >= 11 is 11.8. The lowest BCUT2D eigenvalue weighted by Crippen LogP contribution is -2.22. The van der Waals surface area contributed by atoms with Crippen LogP contribution in [0.15, 0.2) is 42.5 Å². The van der Waals surface area contributed by atoms with E-state index in [-0.39, 0.29) is 12.5 Å². The average molecular weight is 339 g/mol. The first-order valence-electron chi connectivity index (χ1n) is 6.61. The maximum atomic E-state index is 12.0. The molecule has 2 aromatic carbocycles.